The third kappa shape index (κ3) is 3.01. The van der Waals surface area contributed by atoms with Crippen molar-refractivity contribution in [1.29, 1.82) is 0 Å². The fraction of sp³-hybridized carbons (Fsp3) is 0.583. The largest absolute Gasteiger partial charge is 0.312 e. The molecular weight excluding hydrogens is 186 g/mol. The molecule has 1 aliphatic carbocycles. The molecule has 0 amide bonds. The molecule has 1 N–H and O–H groups in total. The maximum absolute atomic E-state index is 4.18. The fourth-order valence-electron chi connectivity index (χ4n) is 1.74. The summed E-state index contributed by atoms with van der Waals surface area (Å²) in [5.74, 6) is 0. The van der Waals surface area contributed by atoms with Gasteiger partial charge >= 0.3 is 0 Å². The van der Waals surface area contributed by atoms with E-state index in [1.54, 1.807) is 0 Å². The zero-order valence-corrected chi connectivity index (χ0v) is 9.48. The van der Waals surface area contributed by atoms with Gasteiger partial charge in [0.25, 0.3) is 0 Å². The van der Waals surface area contributed by atoms with Gasteiger partial charge in [-0.3, -0.25) is 4.98 Å². The summed E-state index contributed by atoms with van der Waals surface area (Å²) in [5.41, 5.74) is 1.29. The lowest BCUT2D eigenvalue weighted by Gasteiger charge is -2.24. The second-order valence-electron chi connectivity index (χ2n) is 4.45. The predicted molar refractivity (Wildman–Crippen MR) is 61.7 cm³/mol. The summed E-state index contributed by atoms with van der Waals surface area (Å²) in [4.78, 5) is 6.42. The highest BCUT2D eigenvalue weighted by Crippen LogP contribution is 2.21. The first-order valence-electron chi connectivity index (χ1n) is 5.57. The normalized spacial score (nSPS) is 18.1. The SMILES string of the molecule is CN(C)C(CNC1CC1)c1cccnc1. The summed E-state index contributed by atoms with van der Waals surface area (Å²) in [6.07, 6.45) is 6.46. The Morgan fingerprint density at radius 3 is 2.87 bits per heavy atom. The minimum absolute atomic E-state index is 0.430. The minimum Gasteiger partial charge on any atom is -0.312 e. The number of aromatic nitrogens is 1. The van der Waals surface area contributed by atoms with Crippen LogP contribution >= 0.6 is 0 Å². The van der Waals surface area contributed by atoms with Crippen molar-refractivity contribution in [2.24, 2.45) is 0 Å². The Hall–Kier alpha value is -0.930. The molecule has 1 atom stereocenters. The molecule has 1 heterocycles. The van der Waals surface area contributed by atoms with Crippen molar-refractivity contribution in [2.45, 2.75) is 24.9 Å². The van der Waals surface area contributed by atoms with Gasteiger partial charge in [0.2, 0.25) is 0 Å². The van der Waals surface area contributed by atoms with E-state index in [-0.39, 0.29) is 0 Å². The Balaban J connectivity index is 1.98. The van der Waals surface area contributed by atoms with Crippen LogP contribution < -0.4 is 5.32 Å². The van der Waals surface area contributed by atoms with Gasteiger partial charge in [0.05, 0.1) is 0 Å². The van der Waals surface area contributed by atoms with E-state index in [1.807, 2.05) is 18.5 Å². The second kappa shape index (κ2) is 4.73. The number of likely N-dealkylation sites (N-methyl/N-ethyl adjacent to an activating group) is 1. The number of nitrogens with one attached hydrogen (secondary N) is 1. The lowest BCUT2D eigenvalue weighted by Crippen LogP contribution is -2.32. The van der Waals surface area contributed by atoms with Crippen molar-refractivity contribution >= 4 is 0 Å². The molecule has 1 aliphatic rings. The van der Waals surface area contributed by atoms with Crippen LogP contribution in [0.3, 0.4) is 0 Å². The van der Waals surface area contributed by atoms with Crippen molar-refractivity contribution in [3.8, 4) is 0 Å². The third-order valence-electron chi connectivity index (χ3n) is 2.87. The summed E-state index contributed by atoms with van der Waals surface area (Å²) in [7, 11) is 4.23. The van der Waals surface area contributed by atoms with Gasteiger partial charge < -0.3 is 10.2 Å². The standard InChI is InChI=1S/C12H19N3/c1-15(2)12(9-14-11-5-6-11)10-4-3-7-13-8-10/h3-4,7-8,11-12,14H,5-6,9H2,1-2H3. The summed E-state index contributed by atoms with van der Waals surface area (Å²) in [6, 6.07) is 5.35. The van der Waals surface area contributed by atoms with Crippen LogP contribution in [-0.4, -0.2) is 36.6 Å². The first-order chi connectivity index (χ1) is 7.27. The molecule has 1 unspecified atom stereocenters. The lowest BCUT2D eigenvalue weighted by atomic mass is 10.1. The second-order valence-corrected chi connectivity index (χ2v) is 4.45. The van der Waals surface area contributed by atoms with Gasteiger partial charge in [-0.2, -0.15) is 0 Å². The Morgan fingerprint density at radius 2 is 2.33 bits per heavy atom. The van der Waals surface area contributed by atoms with Gasteiger partial charge in [0.15, 0.2) is 0 Å². The van der Waals surface area contributed by atoms with Crippen molar-refractivity contribution in [2.75, 3.05) is 20.6 Å². The van der Waals surface area contributed by atoms with Crippen LogP contribution in [-0.2, 0) is 0 Å². The summed E-state index contributed by atoms with van der Waals surface area (Å²) < 4.78 is 0. The molecule has 3 nitrogen and oxygen atoms in total. The molecule has 0 aliphatic heterocycles. The molecule has 0 radical (unpaired) electrons. The number of nitrogens with zero attached hydrogens (tertiary/aromatic N) is 2. The zero-order chi connectivity index (χ0) is 10.7. The van der Waals surface area contributed by atoms with E-state index in [0.29, 0.717) is 6.04 Å². The molecule has 3 heteroatoms. The summed E-state index contributed by atoms with van der Waals surface area (Å²) in [6.45, 7) is 1.02. The van der Waals surface area contributed by atoms with E-state index in [9.17, 15) is 0 Å². The van der Waals surface area contributed by atoms with Gasteiger partial charge in [-0.15, -0.1) is 0 Å². The van der Waals surface area contributed by atoms with E-state index in [4.69, 9.17) is 0 Å². The molecule has 0 aromatic carbocycles. The molecule has 2 rings (SSSR count). The molecule has 0 saturated heterocycles. The van der Waals surface area contributed by atoms with Gasteiger partial charge in [-0.05, 0) is 38.6 Å². The molecule has 1 fully saturated rings. The Labute approximate surface area is 91.5 Å². The monoisotopic (exact) mass is 205 g/mol. The molecule has 1 aromatic heterocycles. The van der Waals surface area contributed by atoms with Gasteiger partial charge in [0.1, 0.15) is 0 Å². The van der Waals surface area contributed by atoms with E-state index in [1.165, 1.54) is 18.4 Å². The minimum atomic E-state index is 0.430. The van der Waals surface area contributed by atoms with Gasteiger partial charge in [-0.1, -0.05) is 6.07 Å². The van der Waals surface area contributed by atoms with Crippen LogP contribution in [0.2, 0.25) is 0 Å². The number of rotatable bonds is 5. The number of hydrogen-bond acceptors (Lipinski definition) is 3. The topological polar surface area (TPSA) is 28.2 Å². The van der Waals surface area contributed by atoms with Crippen LogP contribution in [0.15, 0.2) is 24.5 Å². The highest BCUT2D eigenvalue weighted by Gasteiger charge is 2.23. The fourth-order valence-corrected chi connectivity index (χ4v) is 1.74. The maximum Gasteiger partial charge on any atom is 0.0482 e. The maximum atomic E-state index is 4.18. The molecule has 15 heavy (non-hydrogen) atoms. The molecular formula is C12H19N3. The van der Waals surface area contributed by atoms with Crippen molar-refractivity contribution in [1.82, 2.24) is 15.2 Å². The predicted octanol–water partition coefficient (Wildman–Crippen LogP) is 1.44. The highest BCUT2D eigenvalue weighted by atomic mass is 15.1. The van der Waals surface area contributed by atoms with E-state index >= 15 is 0 Å². The summed E-state index contributed by atoms with van der Waals surface area (Å²) in [5, 5.41) is 3.57. The first-order valence-corrected chi connectivity index (χ1v) is 5.57. The lowest BCUT2D eigenvalue weighted by molar-refractivity contribution is 0.287. The third-order valence-corrected chi connectivity index (χ3v) is 2.87. The van der Waals surface area contributed by atoms with Crippen LogP contribution in [0, 0.1) is 0 Å². The smallest absolute Gasteiger partial charge is 0.0482 e. The van der Waals surface area contributed by atoms with Gasteiger partial charge in [-0.25, -0.2) is 0 Å². The first kappa shape index (κ1) is 10.6. The average molecular weight is 205 g/mol. The molecule has 1 saturated carbocycles. The van der Waals surface area contributed by atoms with Gasteiger partial charge in [0, 0.05) is 31.0 Å². The van der Waals surface area contributed by atoms with Crippen molar-refractivity contribution < 1.29 is 0 Å². The quantitative estimate of drug-likeness (QED) is 0.788. The molecule has 0 bridgehead atoms. The Morgan fingerprint density at radius 1 is 1.53 bits per heavy atom. The Bertz CT molecular complexity index is 293. The van der Waals surface area contributed by atoms with E-state index in [0.717, 1.165) is 12.6 Å². The molecule has 82 valence electrons. The molecule has 1 aromatic rings. The number of hydrogen-bond donors (Lipinski definition) is 1. The number of pyridine rings is 1. The van der Waals surface area contributed by atoms with Crippen molar-refractivity contribution in [3.05, 3.63) is 30.1 Å². The van der Waals surface area contributed by atoms with E-state index < -0.39 is 0 Å². The zero-order valence-electron chi connectivity index (χ0n) is 9.48. The Kier molecular flexibility index (Phi) is 3.34. The summed E-state index contributed by atoms with van der Waals surface area (Å²) >= 11 is 0. The highest BCUT2D eigenvalue weighted by molar-refractivity contribution is 5.14. The van der Waals surface area contributed by atoms with Crippen LogP contribution in [0.4, 0.5) is 0 Å². The van der Waals surface area contributed by atoms with E-state index in [2.05, 4.69) is 35.4 Å². The van der Waals surface area contributed by atoms with Crippen LogP contribution in [0.25, 0.3) is 0 Å². The average Bonchev–Trinajstić information content (AvgIpc) is 3.03. The van der Waals surface area contributed by atoms with Crippen molar-refractivity contribution in [3.63, 3.8) is 0 Å². The van der Waals surface area contributed by atoms with Crippen LogP contribution in [0.5, 0.6) is 0 Å². The molecule has 0 spiro atoms. The van der Waals surface area contributed by atoms with Crippen LogP contribution in [0.1, 0.15) is 24.4 Å².